The number of likely N-dealkylation sites (tertiary alicyclic amines) is 1. The number of rotatable bonds is 5. The topological polar surface area (TPSA) is 77.0 Å². The summed E-state index contributed by atoms with van der Waals surface area (Å²) < 4.78 is 0. The van der Waals surface area contributed by atoms with E-state index in [9.17, 15) is 9.59 Å². The zero-order chi connectivity index (χ0) is 18.4. The minimum Gasteiger partial charge on any atom is -0.352 e. The third kappa shape index (κ3) is 6.92. The minimum atomic E-state index is -0.0927. The van der Waals surface area contributed by atoms with Crippen LogP contribution in [-0.4, -0.2) is 73.9 Å². The van der Waals surface area contributed by atoms with Crippen molar-refractivity contribution in [2.45, 2.75) is 45.6 Å². The molecule has 0 aromatic rings. The first kappa shape index (κ1) is 23.0. The molecule has 8 heteroatoms. The van der Waals surface area contributed by atoms with Crippen molar-refractivity contribution in [2.75, 3.05) is 40.3 Å². The molecule has 2 rings (SSSR count). The molecule has 2 amide bonds. The summed E-state index contributed by atoms with van der Waals surface area (Å²) in [5, 5.41) is 6.02. The number of amides is 2. The van der Waals surface area contributed by atoms with Gasteiger partial charge in [-0.3, -0.25) is 9.59 Å². The first-order valence-electron chi connectivity index (χ1n) is 9.39. The van der Waals surface area contributed by atoms with Crippen LogP contribution in [0.3, 0.4) is 0 Å². The summed E-state index contributed by atoms with van der Waals surface area (Å²) in [4.78, 5) is 32.1. The van der Waals surface area contributed by atoms with E-state index < -0.39 is 0 Å². The molecule has 7 nitrogen and oxygen atoms in total. The summed E-state index contributed by atoms with van der Waals surface area (Å²) in [6, 6.07) is 0.101. The average molecular weight is 479 g/mol. The third-order valence-electron chi connectivity index (χ3n) is 4.99. The van der Waals surface area contributed by atoms with Gasteiger partial charge in [0.2, 0.25) is 11.8 Å². The van der Waals surface area contributed by atoms with E-state index >= 15 is 0 Å². The second-order valence-corrected chi connectivity index (χ2v) is 7.71. The molecule has 0 spiro atoms. The molecule has 0 aromatic carbocycles. The van der Waals surface area contributed by atoms with Gasteiger partial charge in [0.1, 0.15) is 6.54 Å². The Kier molecular flexibility index (Phi) is 9.67. The Balaban J connectivity index is 0.00000338. The van der Waals surface area contributed by atoms with Gasteiger partial charge in [-0.2, -0.15) is 0 Å². The predicted octanol–water partition coefficient (Wildman–Crippen LogP) is 1.28. The Bertz CT molecular complexity index is 496. The van der Waals surface area contributed by atoms with Crippen molar-refractivity contribution < 1.29 is 9.59 Å². The molecule has 1 saturated carbocycles. The summed E-state index contributed by atoms with van der Waals surface area (Å²) in [6.45, 7) is 6.09. The molecule has 0 bridgehead atoms. The van der Waals surface area contributed by atoms with Crippen LogP contribution >= 0.6 is 24.0 Å². The molecule has 150 valence electrons. The Hall–Kier alpha value is -1.06. The van der Waals surface area contributed by atoms with Crippen molar-refractivity contribution in [2.24, 2.45) is 16.8 Å². The molecule has 2 unspecified atom stereocenters. The van der Waals surface area contributed by atoms with Crippen molar-refractivity contribution in [3.8, 4) is 0 Å². The zero-order valence-corrected chi connectivity index (χ0v) is 18.8. The Morgan fingerprint density at radius 2 is 1.73 bits per heavy atom. The number of likely N-dealkylation sites (N-methyl/N-ethyl adjacent to an activating group) is 1. The van der Waals surface area contributed by atoms with Crippen molar-refractivity contribution in [1.82, 2.24) is 20.4 Å². The molecule has 1 aliphatic heterocycles. The molecule has 1 heterocycles. The number of carbonyl (C=O) groups is 2. The Morgan fingerprint density at radius 3 is 2.23 bits per heavy atom. The molecule has 2 N–H and O–H groups in total. The lowest BCUT2D eigenvalue weighted by atomic mass is 9.82. The molecular weight excluding hydrogens is 445 g/mol. The number of guanidine groups is 1. The highest BCUT2D eigenvalue weighted by Crippen LogP contribution is 2.35. The predicted molar refractivity (Wildman–Crippen MR) is 115 cm³/mol. The lowest BCUT2D eigenvalue weighted by Crippen LogP contribution is -2.45. The van der Waals surface area contributed by atoms with Crippen LogP contribution in [0.25, 0.3) is 0 Å². The van der Waals surface area contributed by atoms with Gasteiger partial charge in [0.05, 0.1) is 6.54 Å². The number of fused-ring (bicyclic) bond motifs is 1. The lowest BCUT2D eigenvalue weighted by Gasteiger charge is -2.23. The number of nitrogens with zero attached hydrogens (tertiary/aromatic N) is 3. The van der Waals surface area contributed by atoms with Gasteiger partial charge < -0.3 is 20.4 Å². The first-order valence-corrected chi connectivity index (χ1v) is 9.39. The first-order chi connectivity index (χ1) is 11.9. The maximum Gasteiger partial charge on any atom is 0.242 e. The van der Waals surface area contributed by atoms with Gasteiger partial charge in [-0.1, -0.05) is 12.8 Å². The molecule has 1 aliphatic carbocycles. The van der Waals surface area contributed by atoms with Crippen LogP contribution in [0.5, 0.6) is 0 Å². The highest BCUT2D eigenvalue weighted by molar-refractivity contribution is 14.0. The van der Waals surface area contributed by atoms with Crippen molar-refractivity contribution in [1.29, 1.82) is 0 Å². The number of nitrogens with one attached hydrogen (secondary N) is 2. The van der Waals surface area contributed by atoms with E-state index in [2.05, 4.69) is 20.5 Å². The van der Waals surface area contributed by atoms with Crippen LogP contribution in [-0.2, 0) is 9.59 Å². The Labute approximate surface area is 174 Å². The van der Waals surface area contributed by atoms with E-state index in [1.54, 1.807) is 19.0 Å². The van der Waals surface area contributed by atoms with Crippen molar-refractivity contribution in [3.63, 3.8) is 0 Å². The number of hydrogen-bond acceptors (Lipinski definition) is 3. The summed E-state index contributed by atoms with van der Waals surface area (Å²) >= 11 is 0. The number of carbonyl (C=O) groups excluding carboxylic acids is 2. The third-order valence-corrected chi connectivity index (χ3v) is 4.99. The zero-order valence-electron chi connectivity index (χ0n) is 16.5. The van der Waals surface area contributed by atoms with E-state index in [-0.39, 0.29) is 54.9 Å². The summed E-state index contributed by atoms with van der Waals surface area (Å²) in [7, 11) is 3.47. The normalized spacial score (nSPS) is 22.5. The summed E-state index contributed by atoms with van der Waals surface area (Å²) in [5.41, 5.74) is 0. The van der Waals surface area contributed by atoms with Gasteiger partial charge in [0.25, 0.3) is 0 Å². The van der Waals surface area contributed by atoms with E-state index in [1.165, 1.54) is 25.7 Å². The molecule has 0 aromatic heterocycles. The van der Waals surface area contributed by atoms with E-state index in [0.717, 1.165) is 24.9 Å². The van der Waals surface area contributed by atoms with Crippen molar-refractivity contribution >= 4 is 41.8 Å². The molecule has 1 saturated heterocycles. The Morgan fingerprint density at radius 1 is 1.15 bits per heavy atom. The van der Waals surface area contributed by atoms with Crippen LogP contribution < -0.4 is 10.6 Å². The van der Waals surface area contributed by atoms with E-state index in [1.807, 2.05) is 13.8 Å². The van der Waals surface area contributed by atoms with Crippen LogP contribution in [0.15, 0.2) is 4.99 Å². The molecule has 0 radical (unpaired) electrons. The number of hydrogen-bond donors (Lipinski definition) is 2. The molecule has 26 heavy (non-hydrogen) atoms. The standard InChI is InChI=1S/C18H33N5O2.HI/c1-13(2)21-16(24)9-19-18(20-10-17(25)22(3)4)23-11-14-7-5-6-8-15(14)12-23;/h13-15H,5-12H2,1-4H3,(H,19,20)(H,21,24);1H. The highest BCUT2D eigenvalue weighted by Gasteiger charge is 2.35. The average Bonchev–Trinajstić information content (AvgIpc) is 2.97. The fourth-order valence-electron chi connectivity index (χ4n) is 3.67. The van der Waals surface area contributed by atoms with Crippen LogP contribution in [0.2, 0.25) is 0 Å². The monoisotopic (exact) mass is 479 g/mol. The van der Waals surface area contributed by atoms with Crippen LogP contribution in [0.4, 0.5) is 0 Å². The number of aliphatic imine (C=N–C) groups is 1. The fraction of sp³-hybridized carbons (Fsp3) is 0.833. The van der Waals surface area contributed by atoms with Gasteiger partial charge in [-0.15, -0.1) is 24.0 Å². The smallest absolute Gasteiger partial charge is 0.242 e. The summed E-state index contributed by atoms with van der Waals surface area (Å²) in [6.07, 6.45) is 5.17. The minimum absolute atomic E-state index is 0. The van der Waals surface area contributed by atoms with Gasteiger partial charge >= 0.3 is 0 Å². The van der Waals surface area contributed by atoms with E-state index in [0.29, 0.717) is 5.96 Å². The maximum absolute atomic E-state index is 11.9. The van der Waals surface area contributed by atoms with Gasteiger partial charge in [-0.25, -0.2) is 4.99 Å². The van der Waals surface area contributed by atoms with Crippen molar-refractivity contribution in [3.05, 3.63) is 0 Å². The van der Waals surface area contributed by atoms with Gasteiger partial charge in [0, 0.05) is 33.2 Å². The lowest BCUT2D eigenvalue weighted by molar-refractivity contribution is -0.127. The molecule has 2 fully saturated rings. The quantitative estimate of drug-likeness (QED) is 0.354. The number of halogens is 1. The van der Waals surface area contributed by atoms with Gasteiger partial charge in [-0.05, 0) is 38.5 Å². The molecular formula is C18H34IN5O2. The highest BCUT2D eigenvalue weighted by atomic mass is 127. The second kappa shape index (κ2) is 10.9. The summed E-state index contributed by atoms with van der Waals surface area (Å²) in [5.74, 6) is 2.02. The maximum atomic E-state index is 11.9. The second-order valence-electron chi connectivity index (χ2n) is 7.71. The largest absolute Gasteiger partial charge is 0.352 e. The SMILES string of the molecule is CC(C)NC(=O)CN=C(NCC(=O)N(C)C)N1CC2CCCCC2C1.I. The molecule has 2 aliphatic rings. The van der Waals surface area contributed by atoms with E-state index in [4.69, 9.17) is 0 Å². The fourth-order valence-corrected chi connectivity index (χ4v) is 3.67. The van der Waals surface area contributed by atoms with Crippen LogP contribution in [0.1, 0.15) is 39.5 Å². The van der Waals surface area contributed by atoms with Gasteiger partial charge in [0.15, 0.2) is 5.96 Å². The molecule has 2 atom stereocenters. The van der Waals surface area contributed by atoms with Crippen LogP contribution in [0, 0.1) is 11.8 Å².